The Kier molecular flexibility index (Phi) is 10.6. The highest BCUT2D eigenvalue weighted by atomic mass is 19.2. The summed E-state index contributed by atoms with van der Waals surface area (Å²) in [6.45, 7) is 13.1. The van der Waals surface area contributed by atoms with Gasteiger partial charge in [0.2, 0.25) is 0 Å². The Hall–Kier alpha value is -3.41. The lowest BCUT2D eigenvalue weighted by Crippen LogP contribution is -2.54. The summed E-state index contributed by atoms with van der Waals surface area (Å²) >= 11 is 0. The molecule has 0 saturated carbocycles. The van der Waals surface area contributed by atoms with E-state index in [9.17, 15) is 22.4 Å². The number of rotatable bonds is 4. The Morgan fingerprint density at radius 1 is 0.805 bits per heavy atom. The van der Waals surface area contributed by atoms with Crippen LogP contribution in [0, 0.1) is 23.3 Å². The number of carbonyl (C=O) groups excluding carboxylic acids is 1. The van der Waals surface area contributed by atoms with Gasteiger partial charge >= 0.3 is 6.09 Å². The number of benzene rings is 2. The van der Waals surface area contributed by atoms with Gasteiger partial charge in [0.15, 0.2) is 23.3 Å². The summed E-state index contributed by atoms with van der Waals surface area (Å²) in [4.78, 5) is 17.7. The van der Waals surface area contributed by atoms with Crippen LogP contribution in [0.1, 0.15) is 34.6 Å². The molecule has 41 heavy (non-hydrogen) atoms. The Labute approximate surface area is 239 Å². The van der Waals surface area contributed by atoms with Gasteiger partial charge in [-0.25, -0.2) is 22.4 Å². The molecule has 0 aliphatic carbocycles. The second kappa shape index (κ2) is 13.5. The molecule has 0 spiro atoms. The number of hydrogen-bond donors (Lipinski definition) is 1. The number of hydrogen-bond acceptors (Lipinski definition) is 7. The van der Waals surface area contributed by atoms with Gasteiger partial charge in [-0.1, -0.05) is 0 Å². The Morgan fingerprint density at radius 2 is 1.29 bits per heavy atom. The van der Waals surface area contributed by atoms with Crippen LogP contribution in [0.25, 0.3) is 0 Å². The second-order valence-corrected chi connectivity index (χ2v) is 11.1. The molecule has 228 valence electrons. The van der Waals surface area contributed by atoms with Crippen molar-refractivity contribution in [3.63, 3.8) is 0 Å². The first-order valence-electron chi connectivity index (χ1n) is 13.5. The largest absolute Gasteiger partial charge is 0.494 e. The summed E-state index contributed by atoms with van der Waals surface area (Å²) in [5.74, 6) is -2.95. The molecule has 2 aromatic rings. The van der Waals surface area contributed by atoms with Gasteiger partial charge in [0.05, 0.1) is 25.6 Å². The lowest BCUT2D eigenvalue weighted by atomic mass is 10.1. The number of methoxy groups -OCH3 is 2. The lowest BCUT2D eigenvalue weighted by Gasteiger charge is -2.41. The van der Waals surface area contributed by atoms with Crippen molar-refractivity contribution in [1.82, 2.24) is 10.2 Å². The van der Waals surface area contributed by atoms with E-state index >= 15 is 0 Å². The van der Waals surface area contributed by atoms with Crippen LogP contribution < -0.4 is 24.6 Å². The molecule has 2 heterocycles. The van der Waals surface area contributed by atoms with Crippen molar-refractivity contribution in [1.29, 1.82) is 0 Å². The average molecular weight is 585 g/mol. The minimum atomic E-state index is -0.948. The summed E-state index contributed by atoms with van der Waals surface area (Å²) < 4.78 is 69.1. The second-order valence-electron chi connectivity index (χ2n) is 11.1. The molecule has 4 rings (SSSR count). The summed E-state index contributed by atoms with van der Waals surface area (Å²) in [7, 11) is 2.88. The highest BCUT2D eigenvalue weighted by Crippen LogP contribution is 2.34. The SMILES string of the molecule is COc1cc(F)c(F)cc1N1CCN(C(=O)OC(C)(C)C)C[C@@H]1C.COc1cc(F)c(F)cc1N1CCNC[C@@H]1C. The highest BCUT2D eigenvalue weighted by Gasteiger charge is 2.31. The number of anilines is 2. The van der Waals surface area contributed by atoms with E-state index in [1.54, 1.807) is 4.90 Å². The van der Waals surface area contributed by atoms with Crippen molar-refractivity contribution < 1.29 is 36.6 Å². The first-order chi connectivity index (χ1) is 19.2. The quantitative estimate of drug-likeness (QED) is 0.497. The Bertz CT molecular complexity index is 1210. The van der Waals surface area contributed by atoms with E-state index < -0.39 is 28.9 Å². The Balaban J connectivity index is 0.000000239. The molecule has 8 nitrogen and oxygen atoms in total. The molecular formula is C29H40F4N4O4. The van der Waals surface area contributed by atoms with Crippen LogP contribution in [0.5, 0.6) is 11.5 Å². The monoisotopic (exact) mass is 584 g/mol. The van der Waals surface area contributed by atoms with Gasteiger partial charge < -0.3 is 34.2 Å². The zero-order valence-electron chi connectivity index (χ0n) is 24.7. The molecule has 0 unspecified atom stereocenters. The minimum Gasteiger partial charge on any atom is -0.494 e. The third-order valence-electron chi connectivity index (χ3n) is 6.84. The first-order valence-corrected chi connectivity index (χ1v) is 13.5. The van der Waals surface area contributed by atoms with Crippen molar-refractivity contribution >= 4 is 17.5 Å². The van der Waals surface area contributed by atoms with Crippen molar-refractivity contribution in [3.05, 3.63) is 47.5 Å². The van der Waals surface area contributed by atoms with Gasteiger partial charge in [0, 0.05) is 75.6 Å². The maximum atomic E-state index is 13.6. The number of nitrogens with one attached hydrogen (secondary N) is 1. The summed E-state index contributed by atoms with van der Waals surface area (Å²) in [5, 5.41) is 3.25. The van der Waals surface area contributed by atoms with Crippen molar-refractivity contribution in [2.75, 3.05) is 63.3 Å². The van der Waals surface area contributed by atoms with E-state index in [1.165, 1.54) is 20.3 Å². The van der Waals surface area contributed by atoms with Crippen molar-refractivity contribution in [3.8, 4) is 11.5 Å². The molecule has 2 aromatic carbocycles. The minimum absolute atomic E-state index is 0.0926. The number of piperazine rings is 2. The maximum absolute atomic E-state index is 13.6. The highest BCUT2D eigenvalue weighted by molar-refractivity contribution is 5.69. The van der Waals surface area contributed by atoms with E-state index in [0.29, 0.717) is 36.8 Å². The number of amides is 1. The van der Waals surface area contributed by atoms with E-state index in [0.717, 1.165) is 37.8 Å². The number of nitrogens with zero attached hydrogens (tertiary/aromatic N) is 3. The molecule has 0 bridgehead atoms. The molecular weight excluding hydrogens is 544 g/mol. The van der Waals surface area contributed by atoms with Gasteiger partial charge in [-0.15, -0.1) is 0 Å². The molecule has 2 aliphatic heterocycles. The predicted molar refractivity (Wildman–Crippen MR) is 150 cm³/mol. The van der Waals surface area contributed by atoms with E-state index in [-0.39, 0.29) is 23.9 Å². The number of halogens is 4. The zero-order valence-corrected chi connectivity index (χ0v) is 24.7. The molecule has 0 aromatic heterocycles. The fourth-order valence-electron chi connectivity index (χ4n) is 4.82. The molecule has 1 N–H and O–H groups in total. The van der Waals surface area contributed by atoms with Crippen molar-refractivity contribution in [2.24, 2.45) is 0 Å². The summed E-state index contributed by atoms with van der Waals surface area (Å²) in [5.41, 5.74) is 0.536. The third-order valence-corrected chi connectivity index (χ3v) is 6.84. The van der Waals surface area contributed by atoms with Crippen LogP contribution >= 0.6 is 0 Å². The zero-order chi connectivity index (χ0) is 30.5. The van der Waals surface area contributed by atoms with E-state index in [1.807, 2.05) is 44.4 Å². The first kappa shape index (κ1) is 32.1. The van der Waals surface area contributed by atoms with E-state index in [4.69, 9.17) is 14.2 Å². The topological polar surface area (TPSA) is 66.5 Å². The van der Waals surface area contributed by atoms with Crippen molar-refractivity contribution in [2.45, 2.75) is 52.3 Å². The molecule has 2 atom stereocenters. The molecule has 12 heteroatoms. The predicted octanol–water partition coefficient (Wildman–Crippen LogP) is 5.19. The normalized spacial score (nSPS) is 19.3. The molecule has 2 aliphatic rings. The van der Waals surface area contributed by atoms with Gasteiger partial charge in [-0.3, -0.25) is 0 Å². The number of ether oxygens (including phenoxy) is 3. The van der Waals surface area contributed by atoms with Crippen LogP contribution in [0.3, 0.4) is 0 Å². The standard InChI is InChI=1S/C17H24F2N2O3.C12H16F2N2O/c1-11-10-20(16(22)24-17(2,3)4)6-7-21(11)14-8-12(18)13(19)9-15(14)23-5;1-8-7-15-3-4-16(8)11-5-9(13)10(14)6-12(11)17-2/h8-9,11H,6-7,10H2,1-5H3;5-6,8,15H,3-4,7H2,1-2H3/t11-;8-/m00/s1. The molecule has 2 saturated heterocycles. The van der Waals surface area contributed by atoms with E-state index in [2.05, 4.69) is 5.32 Å². The third kappa shape index (κ3) is 8.08. The van der Waals surface area contributed by atoms with Crippen LogP contribution in [-0.4, -0.2) is 82.2 Å². The fraction of sp³-hybridized carbons (Fsp3) is 0.552. The molecule has 1 amide bonds. The van der Waals surface area contributed by atoms with Crippen LogP contribution in [-0.2, 0) is 4.74 Å². The number of carbonyl (C=O) groups is 1. The van der Waals surface area contributed by atoms with Crippen LogP contribution in [0.2, 0.25) is 0 Å². The maximum Gasteiger partial charge on any atom is 0.410 e. The van der Waals surface area contributed by atoms with Crippen LogP contribution in [0.15, 0.2) is 24.3 Å². The van der Waals surface area contributed by atoms with Gasteiger partial charge in [-0.2, -0.15) is 0 Å². The summed E-state index contributed by atoms with van der Waals surface area (Å²) in [6, 6.07) is 4.61. The lowest BCUT2D eigenvalue weighted by molar-refractivity contribution is 0.0218. The molecule has 0 radical (unpaired) electrons. The molecule has 2 fully saturated rings. The van der Waals surface area contributed by atoms with Gasteiger partial charge in [0.25, 0.3) is 0 Å². The van der Waals surface area contributed by atoms with Gasteiger partial charge in [-0.05, 0) is 34.6 Å². The van der Waals surface area contributed by atoms with Crippen LogP contribution in [0.4, 0.5) is 33.7 Å². The average Bonchev–Trinajstić information content (AvgIpc) is 2.91. The Morgan fingerprint density at radius 3 is 1.73 bits per heavy atom. The fourth-order valence-corrected chi connectivity index (χ4v) is 4.82. The summed E-state index contributed by atoms with van der Waals surface area (Å²) in [6.07, 6.45) is -0.369. The smallest absolute Gasteiger partial charge is 0.410 e. The van der Waals surface area contributed by atoms with Gasteiger partial charge in [0.1, 0.15) is 17.1 Å².